The number of hydrogen-bond acceptors (Lipinski definition) is 4. The van der Waals surface area contributed by atoms with Gasteiger partial charge in [0.15, 0.2) is 11.5 Å². The van der Waals surface area contributed by atoms with Gasteiger partial charge >= 0.3 is 0 Å². The van der Waals surface area contributed by atoms with Crippen LogP contribution in [0.3, 0.4) is 0 Å². The number of benzene rings is 1. The first-order valence-corrected chi connectivity index (χ1v) is 8.29. The molecule has 1 N–H and O–H groups in total. The summed E-state index contributed by atoms with van der Waals surface area (Å²) in [6.07, 6.45) is 0.198. The zero-order chi connectivity index (χ0) is 18.3. The molecule has 0 fully saturated rings. The van der Waals surface area contributed by atoms with E-state index in [4.69, 9.17) is 4.42 Å². The van der Waals surface area contributed by atoms with Crippen molar-refractivity contribution in [1.29, 1.82) is 0 Å². The number of hydrogen-bond donors (Lipinski definition) is 1. The minimum Gasteiger partial charge on any atom is -0.503 e. The zero-order valence-electron chi connectivity index (χ0n) is 14.8. The van der Waals surface area contributed by atoms with Crippen LogP contribution in [0.1, 0.15) is 42.0 Å². The fraction of sp³-hybridized carbons (Fsp3) is 0.300. The van der Waals surface area contributed by atoms with Gasteiger partial charge in [-0.15, -0.1) is 0 Å². The lowest BCUT2D eigenvalue weighted by Gasteiger charge is -2.27. The lowest BCUT2D eigenvalue weighted by Crippen LogP contribution is -2.31. The Balaban J connectivity index is 2.22. The van der Waals surface area contributed by atoms with Crippen molar-refractivity contribution in [2.24, 2.45) is 0 Å². The van der Waals surface area contributed by atoms with Gasteiger partial charge in [-0.05, 0) is 50.1 Å². The zero-order valence-corrected chi connectivity index (χ0v) is 14.8. The molecule has 1 aromatic carbocycles. The predicted octanol–water partition coefficient (Wildman–Crippen LogP) is 4.08. The molecule has 0 saturated carbocycles. The Hall–Kier alpha value is -2.82. The van der Waals surface area contributed by atoms with Crippen molar-refractivity contribution in [3.8, 4) is 0 Å². The van der Waals surface area contributed by atoms with Crippen LogP contribution in [0.4, 0.5) is 5.69 Å². The second kappa shape index (κ2) is 6.24. The first-order chi connectivity index (χ1) is 11.9. The Labute approximate surface area is 146 Å². The lowest BCUT2D eigenvalue weighted by atomic mass is 9.98. The SMILES string of the molecule is CCC(=O)C1=C(O)C(=O)N(c2cccc(C)c2C)C1c1ccc(C)o1. The van der Waals surface area contributed by atoms with Crippen molar-refractivity contribution in [1.82, 2.24) is 0 Å². The Kier molecular flexibility index (Phi) is 4.25. The fourth-order valence-electron chi connectivity index (χ4n) is 3.20. The van der Waals surface area contributed by atoms with E-state index in [1.165, 1.54) is 4.90 Å². The normalized spacial score (nSPS) is 17.5. The quantitative estimate of drug-likeness (QED) is 0.911. The second-order valence-corrected chi connectivity index (χ2v) is 6.28. The van der Waals surface area contributed by atoms with E-state index in [1.54, 1.807) is 26.0 Å². The molecule has 0 saturated heterocycles. The van der Waals surface area contributed by atoms with Crippen molar-refractivity contribution in [2.45, 2.75) is 40.2 Å². The van der Waals surface area contributed by atoms with Gasteiger partial charge in [-0.25, -0.2) is 0 Å². The number of carbonyl (C=O) groups is 2. The van der Waals surface area contributed by atoms with Crippen LogP contribution < -0.4 is 4.90 Å². The third kappa shape index (κ3) is 2.65. The number of carbonyl (C=O) groups excluding carboxylic acids is 2. The van der Waals surface area contributed by atoms with Gasteiger partial charge in [0.1, 0.15) is 17.6 Å². The summed E-state index contributed by atoms with van der Waals surface area (Å²) >= 11 is 0. The van der Waals surface area contributed by atoms with Crippen LogP contribution in [-0.4, -0.2) is 16.8 Å². The van der Waals surface area contributed by atoms with Gasteiger partial charge in [0, 0.05) is 12.1 Å². The number of rotatable bonds is 4. The molecule has 1 unspecified atom stereocenters. The van der Waals surface area contributed by atoms with Crippen LogP contribution in [0.5, 0.6) is 0 Å². The van der Waals surface area contributed by atoms with Gasteiger partial charge < -0.3 is 9.52 Å². The van der Waals surface area contributed by atoms with Crippen molar-refractivity contribution in [3.63, 3.8) is 0 Å². The standard InChI is InChI=1S/C20H21NO4/c1-5-15(22)17-18(16-10-9-12(3)25-16)21(20(24)19(17)23)14-8-6-7-11(2)13(14)4/h6-10,18,23H,5H2,1-4H3. The Bertz CT molecular complexity index is 891. The number of Topliss-reactive ketones (excluding diaryl/α,β-unsaturated/α-hetero) is 1. The van der Waals surface area contributed by atoms with E-state index in [0.717, 1.165) is 11.1 Å². The minimum atomic E-state index is -0.755. The van der Waals surface area contributed by atoms with E-state index in [-0.39, 0.29) is 17.8 Å². The van der Waals surface area contributed by atoms with Crippen LogP contribution in [0, 0.1) is 20.8 Å². The first kappa shape index (κ1) is 17.0. The topological polar surface area (TPSA) is 70.8 Å². The highest BCUT2D eigenvalue weighted by atomic mass is 16.3. The van der Waals surface area contributed by atoms with Crippen LogP contribution in [-0.2, 0) is 9.59 Å². The Morgan fingerprint density at radius 1 is 1.20 bits per heavy atom. The number of aliphatic hydroxyl groups excluding tert-OH is 1. The van der Waals surface area contributed by atoms with E-state index in [1.807, 2.05) is 32.0 Å². The summed E-state index contributed by atoms with van der Waals surface area (Å²) in [6.45, 7) is 7.38. The molecular formula is C20H21NO4. The van der Waals surface area contributed by atoms with Crippen molar-refractivity contribution in [3.05, 3.63) is 64.3 Å². The van der Waals surface area contributed by atoms with E-state index in [2.05, 4.69) is 0 Å². The molecule has 0 spiro atoms. The summed E-state index contributed by atoms with van der Waals surface area (Å²) in [6, 6.07) is 8.39. The molecule has 1 aliphatic rings. The first-order valence-electron chi connectivity index (χ1n) is 8.29. The van der Waals surface area contributed by atoms with Gasteiger partial charge in [0.05, 0.1) is 5.57 Å². The maximum atomic E-state index is 12.8. The number of aryl methyl sites for hydroxylation is 2. The van der Waals surface area contributed by atoms with E-state index in [9.17, 15) is 14.7 Å². The van der Waals surface area contributed by atoms with Gasteiger partial charge in [0.2, 0.25) is 0 Å². The summed E-state index contributed by atoms with van der Waals surface area (Å²) in [5.74, 6) is -0.195. The number of furan rings is 1. The van der Waals surface area contributed by atoms with Gasteiger partial charge in [-0.3, -0.25) is 14.5 Å². The largest absolute Gasteiger partial charge is 0.503 e. The third-order valence-corrected chi connectivity index (χ3v) is 4.70. The van der Waals surface area contributed by atoms with E-state index < -0.39 is 17.7 Å². The highest BCUT2D eigenvalue weighted by Gasteiger charge is 2.45. The molecule has 130 valence electrons. The average Bonchev–Trinajstić information content (AvgIpc) is 3.12. The molecule has 0 aliphatic carbocycles. The number of ketones is 1. The molecule has 2 aromatic rings. The molecule has 25 heavy (non-hydrogen) atoms. The molecule has 1 aliphatic heterocycles. The van der Waals surface area contributed by atoms with Crippen LogP contribution in [0.15, 0.2) is 46.1 Å². The molecular weight excluding hydrogens is 318 g/mol. The molecule has 1 aromatic heterocycles. The number of aliphatic hydroxyl groups is 1. The molecule has 0 bridgehead atoms. The van der Waals surface area contributed by atoms with Crippen LogP contribution in [0.25, 0.3) is 0 Å². The summed E-state index contributed by atoms with van der Waals surface area (Å²) in [7, 11) is 0. The third-order valence-electron chi connectivity index (χ3n) is 4.70. The van der Waals surface area contributed by atoms with Gasteiger partial charge in [-0.1, -0.05) is 19.1 Å². The van der Waals surface area contributed by atoms with Crippen molar-refractivity contribution < 1.29 is 19.1 Å². The molecule has 5 nitrogen and oxygen atoms in total. The maximum Gasteiger partial charge on any atom is 0.294 e. The maximum absolute atomic E-state index is 12.8. The predicted molar refractivity (Wildman–Crippen MR) is 94.5 cm³/mol. The summed E-state index contributed by atoms with van der Waals surface area (Å²) in [5, 5.41) is 10.4. The molecule has 3 rings (SSSR count). The van der Waals surface area contributed by atoms with E-state index in [0.29, 0.717) is 17.2 Å². The van der Waals surface area contributed by atoms with Gasteiger partial charge in [0.25, 0.3) is 5.91 Å². The Morgan fingerprint density at radius 3 is 2.52 bits per heavy atom. The number of nitrogens with zero attached hydrogens (tertiary/aromatic N) is 1. The van der Waals surface area contributed by atoms with E-state index >= 15 is 0 Å². The van der Waals surface area contributed by atoms with Crippen molar-refractivity contribution in [2.75, 3.05) is 4.90 Å². The van der Waals surface area contributed by atoms with Crippen LogP contribution >= 0.6 is 0 Å². The number of amides is 1. The second-order valence-electron chi connectivity index (χ2n) is 6.28. The molecule has 0 radical (unpaired) electrons. The summed E-state index contributed by atoms with van der Waals surface area (Å²) < 4.78 is 5.72. The minimum absolute atomic E-state index is 0.0998. The van der Waals surface area contributed by atoms with Gasteiger partial charge in [-0.2, -0.15) is 0 Å². The lowest BCUT2D eigenvalue weighted by molar-refractivity contribution is -0.118. The van der Waals surface area contributed by atoms with Crippen molar-refractivity contribution >= 4 is 17.4 Å². The molecule has 2 heterocycles. The van der Waals surface area contributed by atoms with Crippen LogP contribution in [0.2, 0.25) is 0 Å². The number of anilines is 1. The molecule has 1 amide bonds. The summed E-state index contributed by atoms with van der Waals surface area (Å²) in [4.78, 5) is 26.7. The highest BCUT2D eigenvalue weighted by molar-refractivity contribution is 6.16. The molecule has 5 heteroatoms. The average molecular weight is 339 g/mol. The smallest absolute Gasteiger partial charge is 0.294 e. The molecule has 1 atom stereocenters. The highest BCUT2D eigenvalue weighted by Crippen LogP contribution is 2.43. The Morgan fingerprint density at radius 2 is 1.92 bits per heavy atom. The summed E-state index contributed by atoms with van der Waals surface area (Å²) in [5.41, 5.74) is 2.70. The monoisotopic (exact) mass is 339 g/mol. The fourth-order valence-corrected chi connectivity index (χ4v) is 3.20.